The van der Waals surface area contributed by atoms with Crippen LogP contribution in [0, 0.1) is 0 Å². The van der Waals surface area contributed by atoms with Crippen LogP contribution in [0.15, 0.2) is 163 Å². The lowest BCUT2D eigenvalue weighted by atomic mass is 10.0. The highest BCUT2D eigenvalue weighted by atomic mass is 31.1. The molecule has 5 aromatic rings. The highest BCUT2D eigenvalue weighted by molar-refractivity contribution is 7.79. The van der Waals surface area contributed by atoms with E-state index in [1.807, 2.05) is 30.5 Å². The van der Waals surface area contributed by atoms with Crippen LogP contribution in [-0.2, 0) is 0 Å². The van der Waals surface area contributed by atoms with E-state index in [0.29, 0.717) is 5.84 Å². The fourth-order valence-electron chi connectivity index (χ4n) is 4.94. The molecule has 1 aliphatic rings. The van der Waals surface area contributed by atoms with E-state index in [0.717, 1.165) is 22.3 Å². The van der Waals surface area contributed by atoms with Crippen LogP contribution in [0.25, 0.3) is 16.7 Å². The van der Waals surface area contributed by atoms with Crippen molar-refractivity contribution < 1.29 is 0 Å². The predicted octanol–water partition coefficient (Wildman–Crippen LogP) is 6.34. The molecule has 194 valence electrons. The van der Waals surface area contributed by atoms with Crippen molar-refractivity contribution in [2.75, 3.05) is 0 Å². The molecule has 1 aliphatic heterocycles. The van der Waals surface area contributed by atoms with Crippen LogP contribution >= 0.6 is 7.92 Å². The lowest BCUT2D eigenvalue weighted by molar-refractivity contribution is 0.746. The number of hydrogen-bond donors (Lipinski definition) is 2. The summed E-state index contributed by atoms with van der Waals surface area (Å²) in [6, 6.07) is 49.2. The summed E-state index contributed by atoms with van der Waals surface area (Å²) >= 11 is 0. The summed E-state index contributed by atoms with van der Waals surface area (Å²) in [6.07, 6.45) is 5.75. The minimum Gasteiger partial charge on any atom is -0.383 e. The maximum absolute atomic E-state index is 6.51. The van der Waals surface area contributed by atoms with Gasteiger partial charge in [-0.2, -0.15) is 0 Å². The Kier molecular flexibility index (Phi) is 7.66. The summed E-state index contributed by atoms with van der Waals surface area (Å²) in [6.45, 7) is 0. The van der Waals surface area contributed by atoms with E-state index in [-0.39, 0.29) is 6.17 Å². The van der Waals surface area contributed by atoms with E-state index in [2.05, 4.69) is 133 Å². The first-order chi connectivity index (χ1) is 19.8. The SMILES string of the molecule is NC(=NC1NC=CC=C1c1ccccc1)c1ccc(-c2cccc(P(c3ccccc3)c3ccccc3)c2)cc1. The second-order valence-electron chi connectivity index (χ2n) is 9.56. The van der Waals surface area contributed by atoms with E-state index >= 15 is 0 Å². The summed E-state index contributed by atoms with van der Waals surface area (Å²) in [5.41, 5.74) is 12.0. The summed E-state index contributed by atoms with van der Waals surface area (Å²) in [4.78, 5) is 4.84. The average molecular weight is 536 g/mol. The van der Waals surface area contributed by atoms with Gasteiger partial charge in [0.15, 0.2) is 0 Å². The molecule has 3 nitrogen and oxygen atoms in total. The Balaban J connectivity index is 1.27. The second kappa shape index (κ2) is 12.0. The first-order valence-corrected chi connectivity index (χ1v) is 14.7. The number of nitrogens with zero attached hydrogens (tertiary/aromatic N) is 1. The molecule has 1 atom stereocenters. The van der Waals surface area contributed by atoms with Crippen molar-refractivity contribution >= 4 is 35.2 Å². The van der Waals surface area contributed by atoms with Gasteiger partial charge >= 0.3 is 0 Å². The molecule has 6 rings (SSSR count). The zero-order valence-corrected chi connectivity index (χ0v) is 23.0. The zero-order chi connectivity index (χ0) is 27.1. The lowest BCUT2D eigenvalue weighted by Gasteiger charge is -2.21. The molecule has 0 spiro atoms. The molecular weight excluding hydrogens is 505 g/mol. The summed E-state index contributed by atoms with van der Waals surface area (Å²) in [7, 11) is -0.660. The second-order valence-corrected chi connectivity index (χ2v) is 11.8. The van der Waals surface area contributed by atoms with Crippen molar-refractivity contribution in [2.45, 2.75) is 6.17 Å². The molecule has 4 heteroatoms. The number of nitrogens with two attached hydrogens (primary N) is 1. The van der Waals surface area contributed by atoms with Gasteiger partial charge in [-0.25, -0.2) is 4.99 Å². The van der Waals surface area contributed by atoms with Crippen LogP contribution in [0.4, 0.5) is 0 Å². The molecule has 0 aliphatic carbocycles. The zero-order valence-electron chi connectivity index (χ0n) is 22.1. The van der Waals surface area contributed by atoms with E-state index in [4.69, 9.17) is 10.7 Å². The molecule has 0 saturated carbocycles. The molecule has 1 unspecified atom stereocenters. The Morgan fingerprint density at radius 1 is 0.600 bits per heavy atom. The third-order valence-electron chi connectivity index (χ3n) is 6.94. The van der Waals surface area contributed by atoms with Crippen molar-refractivity contribution in [3.05, 3.63) is 169 Å². The van der Waals surface area contributed by atoms with Gasteiger partial charge in [0.2, 0.25) is 0 Å². The minimum absolute atomic E-state index is 0.237. The van der Waals surface area contributed by atoms with E-state index in [1.54, 1.807) is 0 Å². The molecule has 0 radical (unpaired) electrons. The smallest absolute Gasteiger partial charge is 0.147 e. The molecule has 0 amide bonds. The molecule has 0 bridgehead atoms. The quantitative estimate of drug-likeness (QED) is 0.145. The molecular formula is C36H30N3P. The number of amidine groups is 1. The number of nitrogens with one attached hydrogen (secondary N) is 1. The molecule has 3 N–H and O–H groups in total. The number of benzene rings is 5. The van der Waals surface area contributed by atoms with Gasteiger partial charge in [-0.3, -0.25) is 0 Å². The number of dihydropyridines is 1. The third kappa shape index (κ3) is 5.66. The minimum atomic E-state index is -0.660. The van der Waals surface area contributed by atoms with Crippen LogP contribution in [0.3, 0.4) is 0 Å². The summed E-state index contributed by atoms with van der Waals surface area (Å²) < 4.78 is 0. The maximum atomic E-state index is 6.51. The number of allylic oxidation sites excluding steroid dienone is 2. The monoisotopic (exact) mass is 535 g/mol. The normalized spacial score (nSPS) is 15.0. The van der Waals surface area contributed by atoms with Crippen molar-refractivity contribution in [2.24, 2.45) is 10.7 Å². The molecule has 0 saturated heterocycles. The maximum Gasteiger partial charge on any atom is 0.147 e. The van der Waals surface area contributed by atoms with Crippen LogP contribution in [0.5, 0.6) is 0 Å². The van der Waals surface area contributed by atoms with Gasteiger partial charge in [-0.15, -0.1) is 0 Å². The topological polar surface area (TPSA) is 50.4 Å². The van der Waals surface area contributed by atoms with Crippen LogP contribution < -0.4 is 27.0 Å². The molecule has 0 aromatic heterocycles. The summed E-state index contributed by atoms with van der Waals surface area (Å²) in [5, 5.41) is 7.35. The first-order valence-electron chi connectivity index (χ1n) is 13.4. The van der Waals surface area contributed by atoms with Crippen LogP contribution in [0.1, 0.15) is 11.1 Å². The van der Waals surface area contributed by atoms with E-state index < -0.39 is 7.92 Å². The fourth-order valence-corrected chi connectivity index (χ4v) is 7.28. The number of hydrogen-bond acceptors (Lipinski definition) is 2. The van der Waals surface area contributed by atoms with E-state index in [1.165, 1.54) is 21.5 Å². The Morgan fingerprint density at radius 3 is 1.82 bits per heavy atom. The Morgan fingerprint density at radius 2 is 1.18 bits per heavy atom. The van der Waals surface area contributed by atoms with Gasteiger partial charge in [0.25, 0.3) is 0 Å². The predicted molar refractivity (Wildman–Crippen MR) is 172 cm³/mol. The molecule has 40 heavy (non-hydrogen) atoms. The third-order valence-corrected chi connectivity index (χ3v) is 9.37. The van der Waals surface area contributed by atoms with Gasteiger partial charge in [0.1, 0.15) is 12.0 Å². The van der Waals surface area contributed by atoms with E-state index in [9.17, 15) is 0 Å². The fraction of sp³-hybridized carbons (Fsp3) is 0.0278. The van der Waals surface area contributed by atoms with Crippen LogP contribution in [-0.4, -0.2) is 12.0 Å². The molecule has 0 fully saturated rings. The molecule has 1 heterocycles. The van der Waals surface area contributed by atoms with Crippen molar-refractivity contribution in [1.29, 1.82) is 0 Å². The van der Waals surface area contributed by atoms with Gasteiger partial charge in [0.05, 0.1) is 0 Å². The van der Waals surface area contributed by atoms with Crippen molar-refractivity contribution in [3.63, 3.8) is 0 Å². The highest BCUT2D eigenvalue weighted by Crippen LogP contribution is 2.34. The number of aliphatic imine (C=N–C) groups is 1. The summed E-state index contributed by atoms with van der Waals surface area (Å²) in [5.74, 6) is 0.506. The Bertz CT molecular complexity index is 1620. The average Bonchev–Trinajstić information content (AvgIpc) is 3.03. The first kappa shape index (κ1) is 25.6. The largest absolute Gasteiger partial charge is 0.383 e. The van der Waals surface area contributed by atoms with Gasteiger partial charge in [-0.05, 0) is 58.9 Å². The Labute approximate surface area is 237 Å². The van der Waals surface area contributed by atoms with Crippen molar-refractivity contribution in [3.8, 4) is 11.1 Å². The van der Waals surface area contributed by atoms with Gasteiger partial charge < -0.3 is 11.1 Å². The van der Waals surface area contributed by atoms with Gasteiger partial charge in [0, 0.05) is 11.1 Å². The standard InChI is InChI=1S/C36H30N3P/c37-35(39-36-34(20-11-25-38-36)28-12-4-1-5-13-28)29-23-21-27(22-24-29)30-14-10-19-33(26-30)40(31-15-6-2-7-16-31)32-17-8-3-9-18-32/h1-26,36,38H,(H2,37,39). The highest BCUT2D eigenvalue weighted by Gasteiger charge is 2.18. The molecule has 5 aromatic carbocycles. The number of rotatable bonds is 7. The van der Waals surface area contributed by atoms with Crippen LogP contribution in [0.2, 0.25) is 0 Å². The lowest BCUT2D eigenvalue weighted by Crippen LogP contribution is -2.29. The Hall–Kier alpha value is -4.72. The van der Waals surface area contributed by atoms with Crippen molar-refractivity contribution in [1.82, 2.24) is 5.32 Å². The van der Waals surface area contributed by atoms with Gasteiger partial charge in [-0.1, -0.05) is 140 Å².